The molecular weight excluding hydrogens is 552 g/mol. The number of piperidine rings is 1. The van der Waals surface area contributed by atoms with E-state index in [2.05, 4.69) is 21.4 Å². The lowest BCUT2D eigenvalue weighted by atomic mass is 9.99. The van der Waals surface area contributed by atoms with Gasteiger partial charge in [0.15, 0.2) is 11.3 Å². The van der Waals surface area contributed by atoms with E-state index in [1.807, 2.05) is 11.6 Å². The number of halogens is 3. The highest BCUT2D eigenvalue weighted by Crippen LogP contribution is 2.44. The summed E-state index contributed by atoms with van der Waals surface area (Å²) in [4.78, 5) is 25.3. The Hall–Kier alpha value is -3.76. The van der Waals surface area contributed by atoms with E-state index < -0.39 is 17.4 Å². The number of likely N-dealkylation sites (tertiary alicyclic amines) is 2. The van der Waals surface area contributed by atoms with Gasteiger partial charge in [0.2, 0.25) is 11.8 Å². The van der Waals surface area contributed by atoms with Gasteiger partial charge in [0.25, 0.3) is 0 Å². The van der Waals surface area contributed by atoms with Crippen molar-refractivity contribution in [3.05, 3.63) is 59.9 Å². The van der Waals surface area contributed by atoms with Gasteiger partial charge in [-0.1, -0.05) is 24.2 Å². The van der Waals surface area contributed by atoms with Crippen molar-refractivity contribution in [3.8, 4) is 22.8 Å². The first-order chi connectivity index (χ1) is 19.8. The van der Waals surface area contributed by atoms with Gasteiger partial charge in [-0.2, -0.15) is 0 Å². The van der Waals surface area contributed by atoms with Gasteiger partial charge in [0.05, 0.1) is 22.4 Å². The average Bonchev–Trinajstić information content (AvgIpc) is 3.60. The zero-order chi connectivity index (χ0) is 28.8. The van der Waals surface area contributed by atoms with Gasteiger partial charge in [-0.05, 0) is 63.6 Å². The van der Waals surface area contributed by atoms with Gasteiger partial charge >= 0.3 is 0 Å². The van der Waals surface area contributed by atoms with Crippen LogP contribution in [0, 0.1) is 11.6 Å². The molecule has 11 heteroatoms. The first-order valence-electron chi connectivity index (χ1n) is 13.7. The summed E-state index contributed by atoms with van der Waals surface area (Å²) in [7, 11) is 2.04. The minimum atomic E-state index is -0.864. The summed E-state index contributed by atoms with van der Waals surface area (Å²) in [6.45, 7) is 5.99. The number of aromatic hydroxyl groups is 1. The topological polar surface area (TPSA) is 83.7 Å². The number of likely N-dealkylation sites (N-methyl/N-ethyl adjacent to an activating group) is 1. The molecule has 0 aliphatic carbocycles. The summed E-state index contributed by atoms with van der Waals surface area (Å²) in [6.07, 6.45) is 6.37. The smallest absolute Gasteiger partial charge is 0.245 e. The van der Waals surface area contributed by atoms with Crippen LogP contribution in [-0.4, -0.2) is 74.7 Å². The Morgan fingerprint density at radius 3 is 2.66 bits per heavy atom. The molecule has 2 aliphatic heterocycles. The van der Waals surface area contributed by atoms with Crippen molar-refractivity contribution in [2.45, 2.75) is 37.8 Å². The fourth-order valence-corrected chi connectivity index (χ4v) is 6.35. The normalized spacial score (nSPS) is 18.4. The molecule has 214 valence electrons. The summed E-state index contributed by atoms with van der Waals surface area (Å²) in [5, 5.41) is 10.7. The number of ether oxygens (including phenoxy) is 1. The molecule has 1 N–H and O–H groups in total. The molecule has 41 heavy (non-hydrogen) atoms. The second-order valence-electron chi connectivity index (χ2n) is 10.7. The lowest BCUT2D eigenvalue weighted by Gasteiger charge is -2.32. The predicted octanol–water partition coefficient (Wildman–Crippen LogP) is 5.71. The number of benzene rings is 2. The number of amides is 1. The van der Waals surface area contributed by atoms with Crippen molar-refractivity contribution in [2.24, 2.45) is 0 Å². The molecular formula is C30H30ClF2N5O3. The molecule has 0 spiro atoms. The van der Waals surface area contributed by atoms with E-state index >= 15 is 4.39 Å². The van der Waals surface area contributed by atoms with Crippen molar-refractivity contribution in [2.75, 3.05) is 33.3 Å². The molecule has 2 aromatic carbocycles. The van der Waals surface area contributed by atoms with Crippen LogP contribution in [0.2, 0.25) is 5.02 Å². The quantitative estimate of drug-likeness (QED) is 0.294. The van der Waals surface area contributed by atoms with Crippen LogP contribution in [0.4, 0.5) is 8.78 Å². The Morgan fingerprint density at radius 1 is 1.20 bits per heavy atom. The van der Waals surface area contributed by atoms with Crippen molar-refractivity contribution in [1.82, 2.24) is 24.3 Å². The van der Waals surface area contributed by atoms with E-state index in [1.165, 1.54) is 18.2 Å². The maximum Gasteiger partial charge on any atom is 0.245 e. The van der Waals surface area contributed by atoms with Crippen LogP contribution in [0.15, 0.2) is 43.2 Å². The number of pyridine rings is 1. The zero-order valence-corrected chi connectivity index (χ0v) is 23.4. The maximum atomic E-state index is 16.4. The van der Waals surface area contributed by atoms with Gasteiger partial charge in [-0.3, -0.25) is 4.79 Å². The number of hydrogen-bond acceptors (Lipinski definition) is 6. The van der Waals surface area contributed by atoms with Crippen LogP contribution in [-0.2, 0) is 4.79 Å². The highest BCUT2D eigenvalue weighted by molar-refractivity contribution is 6.35. The lowest BCUT2D eigenvalue weighted by molar-refractivity contribution is -0.127. The van der Waals surface area contributed by atoms with E-state index in [0.717, 1.165) is 25.5 Å². The zero-order valence-electron chi connectivity index (χ0n) is 22.6. The summed E-state index contributed by atoms with van der Waals surface area (Å²) in [6, 6.07) is 5.46. The van der Waals surface area contributed by atoms with Crippen molar-refractivity contribution >= 4 is 39.4 Å². The number of carbonyl (C=O) groups excluding carboxylic acids is 1. The van der Waals surface area contributed by atoms with Gasteiger partial charge in [0, 0.05) is 36.1 Å². The number of carbonyl (C=O) groups is 1. The van der Waals surface area contributed by atoms with Crippen molar-refractivity contribution < 1.29 is 23.4 Å². The molecule has 4 heterocycles. The Bertz CT molecular complexity index is 1650. The Kier molecular flexibility index (Phi) is 7.29. The molecule has 2 aromatic heterocycles. The molecule has 0 bridgehead atoms. The molecule has 0 radical (unpaired) electrons. The number of imidazole rings is 1. The Labute approximate surface area is 240 Å². The van der Waals surface area contributed by atoms with Gasteiger partial charge in [0.1, 0.15) is 23.7 Å². The van der Waals surface area contributed by atoms with Gasteiger partial charge in [-0.15, -0.1) is 0 Å². The van der Waals surface area contributed by atoms with Gasteiger partial charge < -0.3 is 24.2 Å². The van der Waals surface area contributed by atoms with Crippen LogP contribution in [0.1, 0.15) is 31.7 Å². The number of aromatic nitrogens is 3. The van der Waals surface area contributed by atoms with E-state index in [0.29, 0.717) is 49.0 Å². The highest BCUT2D eigenvalue weighted by Gasteiger charge is 2.29. The summed E-state index contributed by atoms with van der Waals surface area (Å²) in [5.74, 6) is -2.04. The number of rotatable bonds is 6. The molecule has 4 aromatic rings. The number of phenolic OH excluding ortho intramolecular Hbond substituents is 1. The number of phenols is 1. The first kappa shape index (κ1) is 27.4. The second-order valence-corrected chi connectivity index (χ2v) is 11.1. The number of nitrogens with zero attached hydrogens (tertiary/aromatic N) is 5. The molecule has 2 saturated heterocycles. The minimum Gasteiger partial charge on any atom is -0.507 e. The second kappa shape index (κ2) is 10.9. The van der Waals surface area contributed by atoms with Crippen molar-refractivity contribution in [3.63, 3.8) is 0 Å². The maximum absolute atomic E-state index is 16.4. The third kappa shape index (κ3) is 4.78. The fourth-order valence-electron chi connectivity index (χ4n) is 6.06. The van der Waals surface area contributed by atoms with Crippen molar-refractivity contribution in [1.29, 1.82) is 0 Å². The highest BCUT2D eigenvalue weighted by atomic mass is 35.5. The lowest BCUT2D eigenvalue weighted by Crippen LogP contribution is -2.38. The minimum absolute atomic E-state index is 0.0228. The third-order valence-electron chi connectivity index (χ3n) is 8.33. The largest absolute Gasteiger partial charge is 0.507 e. The van der Waals surface area contributed by atoms with E-state index in [9.17, 15) is 14.3 Å². The van der Waals surface area contributed by atoms with Crippen LogP contribution < -0.4 is 4.74 Å². The van der Waals surface area contributed by atoms with Crippen LogP contribution in [0.5, 0.6) is 11.6 Å². The molecule has 0 saturated carbocycles. The van der Waals surface area contributed by atoms with Crippen LogP contribution >= 0.6 is 11.6 Å². The van der Waals surface area contributed by atoms with Gasteiger partial charge in [-0.25, -0.2) is 18.7 Å². The van der Waals surface area contributed by atoms with Crippen LogP contribution in [0.25, 0.3) is 33.1 Å². The first-order valence-corrected chi connectivity index (χ1v) is 14.1. The predicted molar refractivity (Wildman–Crippen MR) is 153 cm³/mol. The van der Waals surface area contributed by atoms with E-state index in [-0.39, 0.29) is 45.5 Å². The summed E-state index contributed by atoms with van der Waals surface area (Å²) < 4.78 is 39.4. The Morgan fingerprint density at radius 2 is 1.98 bits per heavy atom. The number of fused-ring (bicyclic) bond motifs is 3. The summed E-state index contributed by atoms with van der Waals surface area (Å²) in [5.41, 5.74) is 0.408. The summed E-state index contributed by atoms with van der Waals surface area (Å²) >= 11 is 6.60. The molecule has 8 nitrogen and oxygen atoms in total. The number of hydrogen-bond donors (Lipinski definition) is 1. The van der Waals surface area contributed by atoms with E-state index in [4.69, 9.17) is 16.3 Å². The Balaban J connectivity index is 1.51. The molecule has 0 unspecified atom stereocenters. The molecule has 1 amide bonds. The average molecular weight is 582 g/mol. The standard InChI is InChI=1S/C30H30ClF2N5O3/c1-3-23(40)37-12-9-17(10-13-37)38-16-34-28-29(38)19-14-20(31)24(25-21(32)7-4-8-22(25)39)26(33)27(19)35-30(28)41-15-18-6-5-11-36(18)2/h3-4,7-8,14,16-18,39H,1,5-6,9-13,15H2,2H3/t18-/m0/s1. The van der Waals surface area contributed by atoms with Crippen LogP contribution in [0.3, 0.4) is 0 Å². The third-order valence-corrected chi connectivity index (χ3v) is 8.63. The SMILES string of the molecule is C=CC(=O)N1CCC(n2cnc3c(OC[C@@H]4CCCN4C)nc4c(F)c(-c5c(O)cccc5F)c(Cl)cc4c32)CC1. The molecule has 1 atom stereocenters. The van der Waals surface area contributed by atoms with E-state index in [1.54, 1.807) is 17.3 Å². The molecule has 6 rings (SSSR count). The molecule has 2 fully saturated rings. The fraction of sp³-hybridized carbons (Fsp3) is 0.367. The molecule has 2 aliphatic rings. The monoisotopic (exact) mass is 581 g/mol.